The highest BCUT2D eigenvalue weighted by Gasteiger charge is 2.11. The van der Waals surface area contributed by atoms with Crippen LogP contribution in [0.3, 0.4) is 0 Å². The van der Waals surface area contributed by atoms with Gasteiger partial charge in [0.05, 0.1) is 4.47 Å². The minimum Gasteiger partial charge on any atom is -0.281 e. The molecule has 0 atom stereocenters. The number of hydrogen-bond donors (Lipinski definition) is 1. The van der Waals surface area contributed by atoms with Crippen molar-refractivity contribution in [2.45, 2.75) is 13.8 Å². The number of pyridine rings is 1. The quantitative estimate of drug-likeness (QED) is 0.847. The first-order valence-electron chi connectivity index (χ1n) is 4.32. The third-order valence-electron chi connectivity index (χ3n) is 2.13. The van der Waals surface area contributed by atoms with Crippen molar-refractivity contribution >= 4 is 15.9 Å². The predicted molar refractivity (Wildman–Crippen MR) is 59.0 cm³/mol. The Kier molecular flexibility index (Phi) is 2.37. The Labute approximate surface area is 90.7 Å². The van der Waals surface area contributed by atoms with Gasteiger partial charge in [-0.15, -0.1) is 0 Å². The number of hydrogen-bond acceptors (Lipinski definition) is 2. The summed E-state index contributed by atoms with van der Waals surface area (Å²) in [5.41, 5.74) is 4.00. The van der Waals surface area contributed by atoms with Crippen molar-refractivity contribution in [3.8, 4) is 11.3 Å². The molecule has 0 aliphatic carbocycles. The van der Waals surface area contributed by atoms with E-state index in [1.807, 2.05) is 26.0 Å². The van der Waals surface area contributed by atoms with Gasteiger partial charge in [-0.1, -0.05) is 0 Å². The van der Waals surface area contributed by atoms with Crippen LogP contribution in [0, 0.1) is 13.8 Å². The minimum absolute atomic E-state index is 0.924. The van der Waals surface area contributed by atoms with Gasteiger partial charge >= 0.3 is 0 Å². The van der Waals surface area contributed by atoms with Crippen LogP contribution in [0.25, 0.3) is 11.3 Å². The molecule has 1 N–H and O–H groups in total. The number of nitrogens with one attached hydrogen (secondary N) is 1. The minimum atomic E-state index is 0.924. The van der Waals surface area contributed by atoms with E-state index >= 15 is 0 Å². The number of nitrogens with zero attached hydrogens (tertiary/aromatic N) is 2. The summed E-state index contributed by atoms with van der Waals surface area (Å²) >= 11 is 3.50. The Morgan fingerprint density at radius 2 is 2.14 bits per heavy atom. The molecule has 0 saturated heterocycles. The van der Waals surface area contributed by atoms with Gasteiger partial charge in [0, 0.05) is 23.1 Å². The van der Waals surface area contributed by atoms with E-state index in [0.717, 1.165) is 27.1 Å². The molecule has 2 aromatic heterocycles. The fourth-order valence-electron chi connectivity index (χ4n) is 1.33. The molecule has 0 bridgehead atoms. The first kappa shape index (κ1) is 9.40. The summed E-state index contributed by atoms with van der Waals surface area (Å²) in [6.07, 6.45) is 1.78. The summed E-state index contributed by atoms with van der Waals surface area (Å²) < 4.78 is 1.01. The molecular weight excluding hydrogens is 242 g/mol. The molecule has 0 aromatic carbocycles. The second kappa shape index (κ2) is 3.53. The fraction of sp³-hybridized carbons (Fsp3) is 0.200. The highest BCUT2D eigenvalue weighted by Crippen LogP contribution is 2.29. The Balaban J connectivity index is 2.60. The van der Waals surface area contributed by atoms with E-state index < -0.39 is 0 Å². The van der Waals surface area contributed by atoms with Crippen molar-refractivity contribution in [2.24, 2.45) is 0 Å². The van der Waals surface area contributed by atoms with Crippen LogP contribution in [0.2, 0.25) is 0 Å². The van der Waals surface area contributed by atoms with E-state index in [1.165, 1.54) is 0 Å². The highest BCUT2D eigenvalue weighted by atomic mass is 79.9. The number of H-pyrrole nitrogens is 1. The molecular formula is C10H10BrN3. The number of aromatic nitrogens is 3. The van der Waals surface area contributed by atoms with Gasteiger partial charge in [-0.2, -0.15) is 5.10 Å². The summed E-state index contributed by atoms with van der Waals surface area (Å²) in [7, 11) is 0. The molecule has 0 saturated carbocycles. The fourth-order valence-corrected chi connectivity index (χ4v) is 1.72. The maximum atomic E-state index is 4.23. The summed E-state index contributed by atoms with van der Waals surface area (Å²) in [5.74, 6) is 0. The molecule has 2 aromatic rings. The molecule has 14 heavy (non-hydrogen) atoms. The Morgan fingerprint density at radius 1 is 1.36 bits per heavy atom. The van der Waals surface area contributed by atoms with Crippen LogP contribution < -0.4 is 0 Å². The van der Waals surface area contributed by atoms with Gasteiger partial charge in [-0.25, -0.2) is 0 Å². The first-order chi connectivity index (χ1) is 6.70. The molecule has 0 aliphatic heterocycles. The maximum Gasteiger partial charge on any atom is 0.108 e. The highest BCUT2D eigenvalue weighted by molar-refractivity contribution is 9.10. The molecule has 0 aliphatic rings. The lowest BCUT2D eigenvalue weighted by Crippen LogP contribution is -1.87. The standard InChI is InChI=1S/C10H10BrN3/c1-6-8(4-3-5-12-6)10-9(11)7(2)13-14-10/h3-5H,1-2H3,(H,13,14). The van der Waals surface area contributed by atoms with Crippen molar-refractivity contribution in [3.63, 3.8) is 0 Å². The van der Waals surface area contributed by atoms with Crippen molar-refractivity contribution < 1.29 is 0 Å². The monoisotopic (exact) mass is 251 g/mol. The summed E-state index contributed by atoms with van der Waals surface area (Å²) in [4.78, 5) is 4.23. The van der Waals surface area contributed by atoms with Crippen molar-refractivity contribution in [2.75, 3.05) is 0 Å². The van der Waals surface area contributed by atoms with Crippen LogP contribution in [-0.4, -0.2) is 15.2 Å². The molecule has 0 amide bonds. The molecule has 0 spiro atoms. The third-order valence-corrected chi connectivity index (χ3v) is 3.10. The van der Waals surface area contributed by atoms with Gasteiger partial charge in [-0.3, -0.25) is 10.1 Å². The molecule has 0 radical (unpaired) electrons. The van der Waals surface area contributed by atoms with Gasteiger partial charge in [0.2, 0.25) is 0 Å². The number of halogens is 1. The predicted octanol–water partition coefficient (Wildman–Crippen LogP) is 2.85. The van der Waals surface area contributed by atoms with Gasteiger partial charge in [0.1, 0.15) is 5.69 Å². The van der Waals surface area contributed by atoms with E-state index in [-0.39, 0.29) is 0 Å². The zero-order chi connectivity index (χ0) is 10.1. The second-order valence-corrected chi connectivity index (χ2v) is 3.94. The van der Waals surface area contributed by atoms with Crippen molar-refractivity contribution in [1.29, 1.82) is 0 Å². The largest absolute Gasteiger partial charge is 0.281 e. The second-order valence-electron chi connectivity index (χ2n) is 3.15. The number of aromatic amines is 1. The van der Waals surface area contributed by atoms with Crippen LogP contribution in [0.1, 0.15) is 11.4 Å². The zero-order valence-corrected chi connectivity index (χ0v) is 9.59. The zero-order valence-electron chi connectivity index (χ0n) is 8.00. The van der Waals surface area contributed by atoms with E-state index in [9.17, 15) is 0 Å². The third kappa shape index (κ3) is 1.46. The van der Waals surface area contributed by atoms with Crippen molar-refractivity contribution in [1.82, 2.24) is 15.2 Å². The lowest BCUT2D eigenvalue weighted by atomic mass is 10.1. The average Bonchev–Trinajstić information content (AvgIpc) is 2.49. The van der Waals surface area contributed by atoms with Crippen LogP contribution >= 0.6 is 15.9 Å². The molecule has 2 rings (SSSR count). The molecule has 72 valence electrons. The summed E-state index contributed by atoms with van der Waals surface area (Å²) in [6, 6.07) is 3.93. The summed E-state index contributed by atoms with van der Waals surface area (Å²) in [5, 5.41) is 7.17. The van der Waals surface area contributed by atoms with Crippen LogP contribution in [0.4, 0.5) is 0 Å². The van der Waals surface area contributed by atoms with Crippen LogP contribution in [0.5, 0.6) is 0 Å². The van der Waals surface area contributed by atoms with E-state index in [0.29, 0.717) is 0 Å². The smallest absolute Gasteiger partial charge is 0.108 e. The van der Waals surface area contributed by atoms with Crippen LogP contribution in [0.15, 0.2) is 22.8 Å². The normalized spacial score (nSPS) is 10.5. The van der Waals surface area contributed by atoms with E-state index in [4.69, 9.17) is 0 Å². The van der Waals surface area contributed by atoms with Gasteiger partial charge in [-0.05, 0) is 41.9 Å². The van der Waals surface area contributed by atoms with Crippen LogP contribution in [-0.2, 0) is 0 Å². The van der Waals surface area contributed by atoms with E-state index in [1.54, 1.807) is 6.20 Å². The number of rotatable bonds is 1. The van der Waals surface area contributed by atoms with Gasteiger partial charge in [0.15, 0.2) is 0 Å². The molecule has 2 heterocycles. The van der Waals surface area contributed by atoms with E-state index in [2.05, 4.69) is 31.1 Å². The lowest BCUT2D eigenvalue weighted by molar-refractivity contribution is 1.05. The molecule has 4 heteroatoms. The Morgan fingerprint density at radius 3 is 2.71 bits per heavy atom. The van der Waals surface area contributed by atoms with Gasteiger partial charge < -0.3 is 0 Å². The lowest BCUT2D eigenvalue weighted by Gasteiger charge is -2.00. The molecule has 0 unspecified atom stereocenters. The molecule has 0 fully saturated rings. The summed E-state index contributed by atoms with van der Waals surface area (Å²) in [6.45, 7) is 3.96. The number of aryl methyl sites for hydroxylation is 2. The average molecular weight is 252 g/mol. The Hall–Kier alpha value is -1.16. The molecule has 3 nitrogen and oxygen atoms in total. The SMILES string of the molecule is Cc1ncccc1-c1n[nH]c(C)c1Br. The Bertz CT molecular complexity index is 462. The first-order valence-corrected chi connectivity index (χ1v) is 5.12. The topological polar surface area (TPSA) is 41.6 Å². The van der Waals surface area contributed by atoms with Gasteiger partial charge in [0.25, 0.3) is 0 Å². The van der Waals surface area contributed by atoms with Crippen molar-refractivity contribution in [3.05, 3.63) is 34.2 Å². The maximum absolute atomic E-state index is 4.23.